The summed E-state index contributed by atoms with van der Waals surface area (Å²) in [5, 5.41) is 16.8. The maximum Gasteiger partial charge on any atom is 0.194 e. The molecule has 6 nitrogen and oxygen atoms in total. The Balaban J connectivity index is 1.60. The highest BCUT2D eigenvalue weighted by Gasteiger charge is 2.32. The molecule has 0 amide bonds. The number of anilines is 1. The van der Waals surface area contributed by atoms with Crippen LogP contribution in [0.3, 0.4) is 0 Å². The molecule has 25 heavy (non-hydrogen) atoms. The van der Waals surface area contributed by atoms with Gasteiger partial charge in [0.25, 0.3) is 0 Å². The highest BCUT2D eigenvalue weighted by atomic mass is 32.1. The van der Waals surface area contributed by atoms with E-state index in [1.807, 2.05) is 0 Å². The van der Waals surface area contributed by atoms with Crippen molar-refractivity contribution in [1.82, 2.24) is 10.2 Å². The molecule has 0 radical (unpaired) electrons. The molecule has 3 rings (SSSR count). The standard InChI is InChI=1S/C18H30N4O2S/c1-2-19-17(20-14-18(15-23)5-11-24-12-6-18)22-9-7-21(8-10-22)16-4-3-13-25-16/h3-4,13,23H,2,5-12,14-15H2,1H3,(H,19,20). The minimum Gasteiger partial charge on any atom is -0.396 e. The zero-order chi connectivity index (χ0) is 17.5. The Morgan fingerprint density at radius 2 is 2.08 bits per heavy atom. The van der Waals surface area contributed by atoms with Crippen LogP contribution in [-0.2, 0) is 4.74 Å². The number of thiophene rings is 1. The van der Waals surface area contributed by atoms with E-state index in [-0.39, 0.29) is 12.0 Å². The van der Waals surface area contributed by atoms with Gasteiger partial charge in [-0.2, -0.15) is 0 Å². The number of guanidine groups is 1. The smallest absolute Gasteiger partial charge is 0.194 e. The molecule has 0 unspecified atom stereocenters. The molecule has 2 saturated heterocycles. The number of hydrogen-bond donors (Lipinski definition) is 2. The number of ether oxygens (including phenoxy) is 1. The van der Waals surface area contributed by atoms with Crippen LogP contribution < -0.4 is 10.2 Å². The molecule has 1 aromatic rings. The minimum atomic E-state index is -0.113. The van der Waals surface area contributed by atoms with Gasteiger partial charge in [0.2, 0.25) is 0 Å². The summed E-state index contributed by atoms with van der Waals surface area (Å²) in [5.74, 6) is 0.979. The quantitative estimate of drug-likeness (QED) is 0.613. The number of hydrogen-bond acceptors (Lipinski definition) is 5. The first-order chi connectivity index (χ1) is 12.3. The van der Waals surface area contributed by atoms with Crippen LogP contribution in [0.25, 0.3) is 0 Å². The van der Waals surface area contributed by atoms with Crippen molar-refractivity contribution in [2.75, 3.05) is 64.0 Å². The van der Waals surface area contributed by atoms with Crippen LogP contribution in [-0.4, -0.2) is 75.1 Å². The molecule has 140 valence electrons. The second kappa shape index (κ2) is 8.87. The Morgan fingerprint density at radius 3 is 2.68 bits per heavy atom. The molecule has 1 aromatic heterocycles. The summed E-state index contributed by atoms with van der Waals surface area (Å²) < 4.78 is 5.45. The zero-order valence-electron chi connectivity index (χ0n) is 15.1. The summed E-state index contributed by atoms with van der Waals surface area (Å²) in [6.07, 6.45) is 1.77. The van der Waals surface area contributed by atoms with Gasteiger partial charge in [-0.25, -0.2) is 0 Å². The van der Waals surface area contributed by atoms with Gasteiger partial charge in [0.1, 0.15) is 0 Å². The lowest BCUT2D eigenvalue weighted by atomic mass is 9.81. The first kappa shape index (κ1) is 18.5. The third kappa shape index (κ3) is 4.65. The van der Waals surface area contributed by atoms with Gasteiger partial charge in [0, 0.05) is 51.4 Å². The molecule has 7 heteroatoms. The van der Waals surface area contributed by atoms with Gasteiger partial charge in [0.15, 0.2) is 5.96 Å². The topological polar surface area (TPSA) is 60.3 Å². The molecular formula is C18H30N4O2S. The van der Waals surface area contributed by atoms with Gasteiger partial charge in [-0.15, -0.1) is 11.3 Å². The fraction of sp³-hybridized carbons (Fsp3) is 0.722. The van der Waals surface area contributed by atoms with Gasteiger partial charge < -0.3 is 25.0 Å². The van der Waals surface area contributed by atoms with Crippen molar-refractivity contribution < 1.29 is 9.84 Å². The van der Waals surface area contributed by atoms with E-state index in [1.54, 1.807) is 11.3 Å². The average molecular weight is 367 g/mol. The lowest BCUT2D eigenvalue weighted by Gasteiger charge is -2.38. The molecule has 2 aliphatic rings. The third-order valence-corrected chi connectivity index (χ3v) is 6.11. The van der Waals surface area contributed by atoms with Crippen molar-refractivity contribution >= 4 is 22.3 Å². The number of piperazine rings is 1. The Labute approximate surface area is 154 Å². The fourth-order valence-corrected chi connectivity index (χ4v) is 4.21. The zero-order valence-corrected chi connectivity index (χ0v) is 15.9. The lowest BCUT2D eigenvalue weighted by molar-refractivity contribution is -0.0107. The first-order valence-electron chi connectivity index (χ1n) is 9.27. The largest absolute Gasteiger partial charge is 0.396 e. The van der Waals surface area contributed by atoms with E-state index >= 15 is 0 Å². The van der Waals surface area contributed by atoms with Crippen LogP contribution in [0.15, 0.2) is 22.5 Å². The molecular weight excluding hydrogens is 336 g/mol. The van der Waals surface area contributed by atoms with Crippen LogP contribution in [0, 0.1) is 5.41 Å². The highest BCUT2D eigenvalue weighted by Crippen LogP contribution is 2.30. The molecule has 0 bridgehead atoms. The van der Waals surface area contributed by atoms with Crippen LogP contribution in [0.2, 0.25) is 0 Å². The number of nitrogens with zero attached hydrogens (tertiary/aromatic N) is 3. The highest BCUT2D eigenvalue weighted by molar-refractivity contribution is 7.14. The predicted octanol–water partition coefficient (Wildman–Crippen LogP) is 1.62. The summed E-state index contributed by atoms with van der Waals surface area (Å²) in [6.45, 7) is 9.25. The maximum atomic E-state index is 9.87. The van der Waals surface area contributed by atoms with Crippen molar-refractivity contribution in [3.05, 3.63) is 17.5 Å². The van der Waals surface area contributed by atoms with E-state index < -0.39 is 0 Å². The predicted molar refractivity (Wildman–Crippen MR) is 104 cm³/mol. The Morgan fingerprint density at radius 1 is 1.32 bits per heavy atom. The summed E-state index contributed by atoms with van der Waals surface area (Å²) in [6, 6.07) is 4.30. The first-order valence-corrected chi connectivity index (χ1v) is 10.1. The fourth-order valence-electron chi connectivity index (χ4n) is 3.43. The van der Waals surface area contributed by atoms with E-state index in [1.165, 1.54) is 5.00 Å². The summed E-state index contributed by atoms with van der Waals surface area (Å²) >= 11 is 1.80. The van der Waals surface area contributed by atoms with Crippen LogP contribution >= 0.6 is 11.3 Å². The molecule has 2 aliphatic heterocycles. The van der Waals surface area contributed by atoms with E-state index in [9.17, 15) is 5.11 Å². The normalized spacial score (nSPS) is 21.4. The maximum absolute atomic E-state index is 9.87. The van der Waals surface area contributed by atoms with Gasteiger partial charge in [-0.1, -0.05) is 0 Å². The molecule has 2 N–H and O–H groups in total. The van der Waals surface area contributed by atoms with E-state index in [2.05, 4.69) is 39.6 Å². The number of aliphatic hydroxyl groups excluding tert-OH is 1. The van der Waals surface area contributed by atoms with E-state index in [0.29, 0.717) is 6.54 Å². The average Bonchev–Trinajstić information content (AvgIpc) is 3.21. The Kier molecular flexibility index (Phi) is 6.56. The van der Waals surface area contributed by atoms with Crippen molar-refractivity contribution in [2.24, 2.45) is 10.4 Å². The molecule has 0 aromatic carbocycles. The van der Waals surface area contributed by atoms with Gasteiger partial charge >= 0.3 is 0 Å². The second-order valence-electron chi connectivity index (χ2n) is 6.87. The van der Waals surface area contributed by atoms with E-state index in [4.69, 9.17) is 9.73 Å². The SMILES string of the molecule is CCNC(=NCC1(CO)CCOCC1)N1CCN(c2cccs2)CC1. The number of aliphatic imine (C=N–C) groups is 1. The van der Waals surface area contributed by atoms with Gasteiger partial charge in [0.05, 0.1) is 18.2 Å². The molecule has 0 atom stereocenters. The lowest BCUT2D eigenvalue weighted by Crippen LogP contribution is -2.52. The number of rotatable bonds is 5. The van der Waals surface area contributed by atoms with Crippen LogP contribution in [0.1, 0.15) is 19.8 Å². The Hall–Kier alpha value is -1.31. The number of nitrogens with one attached hydrogen (secondary N) is 1. The summed E-state index contributed by atoms with van der Waals surface area (Å²) in [4.78, 5) is 9.68. The van der Waals surface area contributed by atoms with Crippen molar-refractivity contribution in [3.63, 3.8) is 0 Å². The molecule has 2 fully saturated rings. The van der Waals surface area contributed by atoms with Crippen molar-refractivity contribution in [3.8, 4) is 0 Å². The molecule has 0 aliphatic carbocycles. The summed E-state index contributed by atoms with van der Waals surface area (Å²) in [7, 11) is 0. The van der Waals surface area contributed by atoms with Crippen molar-refractivity contribution in [1.29, 1.82) is 0 Å². The molecule has 0 spiro atoms. The van der Waals surface area contributed by atoms with Gasteiger partial charge in [-0.3, -0.25) is 4.99 Å². The summed E-state index contributed by atoms with van der Waals surface area (Å²) in [5.41, 5.74) is -0.113. The van der Waals surface area contributed by atoms with Crippen LogP contribution in [0.4, 0.5) is 5.00 Å². The van der Waals surface area contributed by atoms with E-state index in [0.717, 1.165) is 64.7 Å². The number of aliphatic hydroxyl groups is 1. The molecule has 0 saturated carbocycles. The minimum absolute atomic E-state index is 0.113. The van der Waals surface area contributed by atoms with Crippen molar-refractivity contribution in [2.45, 2.75) is 19.8 Å². The second-order valence-corrected chi connectivity index (χ2v) is 7.79. The van der Waals surface area contributed by atoms with Crippen LogP contribution in [0.5, 0.6) is 0 Å². The molecule has 3 heterocycles. The third-order valence-electron chi connectivity index (χ3n) is 5.19. The Bertz CT molecular complexity index is 535. The van der Waals surface area contributed by atoms with Gasteiger partial charge in [-0.05, 0) is 37.3 Å². The monoisotopic (exact) mass is 366 g/mol.